The monoisotopic (exact) mass is 400 g/mol. The zero-order chi connectivity index (χ0) is 20.5. The van der Waals surface area contributed by atoms with Crippen molar-refractivity contribution in [1.82, 2.24) is 10.2 Å². The number of rotatable bonds is 6. The van der Waals surface area contributed by atoms with Gasteiger partial charge in [-0.25, -0.2) is 0 Å². The van der Waals surface area contributed by atoms with E-state index in [0.717, 1.165) is 36.7 Å². The molecule has 0 aliphatic carbocycles. The van der Waals surface area contributed by atoms with Gasteiger partial charge in [-0.3, -0.25) is 4.90 Å². The Bertz CT molecular complexity index is 1010. The normalized spacial score (nSPS) is 22.9. The molecule has 4 heteroatoms. The van der Waals surface area contributed by atoms with Gasteiger partial charge in [-0.1, -0.05) is 60.7 Å². The third-order valence-electron chi connectivity index (χ3n) is 6.50. The summed E-state index contributed by atoms with van der Waals surface area (Å²) >= 11 is 0. The van der Waals surface area contributed by atoms with E-state index >= 15 is 0 Å². The summed E-state index contributed by atoms with van der Waals surface area (Å²) in [5, 5.41) is 3.74. The van der Waals surface area contributed by atoms with E-state index in [1.807, 2.05) is 24.3 Å². The molecule has 0 saturated carbocycles. The fourth-order valence-corrected chi connectivity index (χ4v) is 5.04. The van der Waals surface area contributed by atoms with Crippen LogP contribution < -0.4 is 14.8 Å². The van der Waals surface area contributed by atoms with Gasteiger partial charge in [-0.05, 0) is 23.3 Å². The van der Waals surface area contributed by atoms with Crippen molar-refractivity contribution in [1.29, 1.82) is 0 Å². The second-order valence-corrected chi connectivity index (χ2v) is 8.23. The summed E-state index contributed by atoms with van der Waals surface area (Å²) in [5.74, 6) is 2.48. The second-order valence-electron chi connectivity index (χ2n) is 8.23. The predicted molar refractivity (Wildman–Crippen MR) is 120 cm³/mol. The van der Waals surface area contributed by atoms with E-state index in [9.17, 15) is 0 Å². The highest BCUT2D eigenvalue weighted by Gasteiger charge is 2.46. The van der Waals surface area contributed by atoms with Gasteiger partial charge >= 0.3 is 0 Å². The molecular weight excluding hydrogens is 372 g/mol. The topological polar surface area (TPSA) is 33.7 Å². The van der Waals surface area contributed by atoms with Crippen LogP contribution >= 0.6 is 0 Å². The van der Waals surface area contributed by atoms with E-state index in [1.54, 1.807) is 14.2 Å². The summed E-state index contributed by atoms with van der Waals surface area (Å²) in [5.41, 5.74) is 5.03. The molecule has 3 aromatic carbocycles. The second kappa shape index (κ2) is 8.13. The SMILES string of the molecule is COc1ccccc1CN1C[C@@H]2N[C@H](C1)C2c1ccc(-c2ccccc2OC)cc1. The van der Waals surface area contributed by atoms with Crippen molar-refractivity contribution >= 4 is 0 Å². The quantitative estimate of drug-likeness (QED) is 0.669. The van der Waals surface area contributed by atoms with Crippen molar-refractivity contribution in [2.45, 2.75) is 24.5 Å². The maximum Gasteiger partial charge on any atom is 0.126 e. The van der Waals surface area contributed by atoms with Crippen molar-refractivity contribution in [3.05, 3.63) is 83.9 Å². The molecular formula is C26H28N2O2. The van der Waals surface area contributed by atoms with Crippen molar-refractivity contribution < 1.29 is 9.47 Å². The van der Waals surface area contributed by atoms with E-state index in [1.165, 1.54) is 16.7 Å². The number of piperidine rings is 1. The lowest BCUT2D eigenvalue weighted by Gasteiger charge is -2.55. The Labute approximate surface area is 178 Å². The van der Waals surface area contributed by atoms with Gasteiger partial charge < -0.3 is 14.8 Å². The number of piperazine rings is 1. The lowest BCUT2D eigenvalue weighted by molar-refractivity contribution is 0.0466. The first-order valence-corrected chi connectivity index (χ1v) is 10.6. The molecule has 3 atom stereocenters. The van der Waals surface area contributed by atoms with E-state index in [-0.39, 0.29) is 0 Å². The Morgan fingerprint density at radius 1 is 0.800 bits per heavy atom. The van der Waals surface area contributed by atoms with Gasteiger partial charge in [0.25, 0.3) is 0 Å². The number of hydrogen-bond acceptors (Lipinski definition) is 4. The fraction of sp³-hybridized carbons (Fsp3) is 0.308. The van der Waals surface area contributed by atoms with Crippen LogP contribution in [0.2, 0.25) is 0 Å². The van der Waals surface area contributed by atoms with Crippen LogP contribution in [0.1, 0.15) is 17.0 Å². The minimum atomic E-state index is 0.510. The van der Waals surface area contributed by atoms with E-state index in [0.29, 0.717) is 18.0 Å². The van der Waals surface area contributed by atoms with Crippen LogP contribution in [0.15, 0.2) is 72.8 Å². The molecule has 0 aromatic heterocycles. The van der Waals surface area contributed by atoms with Gasteiger partial charge in [0.15, 0.2) is 0 Å². The third kappa shape index (κ3) is 3.47. The van der Waals surface area contributed by atoms with Gasteiger partial charge in [0, 0.05) is 48.8 Å². The van der Waals surface area contributed by atoms with Gasteiger partial charge in [-0.2, -0.15) is 0 Å². The van der Waals surface area contributed by atoms with Crippen molar-refractivity contribution in [2.75, 3.05) is 27.3 Å². The largest absolute Gasteiger partial charge is 0.496 e. The predicted octanol–water partition coefficient (Wildman–Crippen LogP) is 4.31. The van der Waals surface area contributed by atoms with Gasteiger partial charge in [0.05, 0.1) is 14.2 Å². The Morgan fingerprint density at radius 2 is 1.43 bits per heavy atom. The molecule has 1 N–H and O–H groups in total. The number of fused-ring (bicyclic) bond motifs is 2. The number of ether oxygens (including phenoxy) is 2. The van der Waals surface area contributed by atoms with Crippen molar-refractivity contribution in [3.8, 4) is 22.6 Å². The summed E-state index contributed by atoms with van der Waals surface area (Å²) in [6, 6.07) is 26.6. The maximum absolute atomic E-state index is 5.53. The summed E-state index contributed by atoms with van der Waals surface area (Å²) in [7, 11) is 3.48. The molecule has 2 bridgehead atoms. The molecule has 6 rings (SSSR count). The van der Waals surface area contributed by atoms with Crippen LogP contribution in [0, 0.1) is 0 Å². The van der Waals surface area contributed by atoms with Gasteiger partial charge in [0.2, 0.25) is 0 Å². The minimum Gasteiger partial charge on any atom is -0.496 e. The number of methoxy groups -OCH3 is 2. The Morgan fingerprint density at radius 3 is 2.13 bits per heavy atom. The average molecular weight is 401 g/mol. The highest BCUT2D eigenvalue weighted by Crippen LogP contribution is 2.39. The molecule has 154 valence electrons. The van der Waals surface area contributed by atoms with Crippen LogP contribution in [-0.4, -0.2) is 44.3 Å². The van der Waals surface area contributed by atoms with Gasteiger partial charge in [-0.15, -0.1) is 0 Å². The Balaban J connectivity index is 1.28. The Kier molecular flexibility index (Phi) is 5.19. The van der Waals surface area contributed by atoms with Crippen LogP contribution in [0.25, 0.3) is 11.1 Å². The number of benzene rings is 3. The van der Waals surface area contributed by atoms with E-state index in [4.69, 9.17) is 9.47 Å². The zero-order valence-electron chi connectivity index (χ0n) is 17.5. The molecule has 1 unspecified atom stereocenters. The number of nitrogens with zero attached hydrogens (tertiary/aromatic N) is 1. The number of hydrogen-bond donors (Lipinski definition) is 1. The van der Waals surface area contributed by atoms with Crippen LogP contribution in [0.5, 0.6) is 11.5 Å². The molecule has 3 fully saturated rings. The summed E-state index contributed by atoms with van der Waals surface area (Å²) in [6.45, 7) is 3.07. The number of para-hydroxylation sites is 2. The molecule has 3 aliphatic rings. The fourth-order valence-electron chi connectivity index (χ4n) is 5.04. The summed E-state index contributed by atoms with van der Waals surface area (Å²) in [6.07, 6.45) is 0. The molecule has 3 aromatic rings. The zero-order valence-corrected chi connectivity index (χ0v) is 17.5. The maximum atomic E-state index is 5.53. The molecule has 30 heavy (non-hydrogen) atoms. The molecule has 3 heterocycles. The Hall–Kier alpha value is -2.82. The van der Waals surface area contributed by atoms with E-state index < -0.39 is 0 Å². The average Bonchev–Trinajstić information content (AvgIpc) is 2.80. The summed E-state index contributed by atoms with van der Waals surface area (Å²) in [4.78, 5) is 2.55. The summed E-state index contributed by atoms with van der Waals surface area (Å²) < 4.78 is 11.1. The van der Waals surface area contributed by atoms with Crippen LogP contribution in [0.4, 0.5) is 0 Å². The van der Waals surface area contributed by atoms with E-state index in [2.05, 4.69) is 58.7 Å². The molecule has 3 aliphatic heterocycles. The molecule has 0 spiro atoms. The van der Waals surface area contributed by atoms with Crippen molar-refractivity contribution in [3.63, 3.8) is 0 Å². The van der Waals surface area contributed by atoms with Crippen LogP contribution in [-0.2, 0) is 6.54 Å². The lowest BCUT2D eigenvalue weighted by atomic mass is 9.74. The molecule has 0 amide bonds. The standard InChI is InChI=1S/C26H28N2O2/c1-29-24-9-5-3-7-20(24)15-28-16-22-26(23(17-28)27-22)19-13-11-18(12-14-19)21-8-4-6-10-25(21)30-2/h3-14,22-23,26-27H,15-17H2,1-2H3/t22-,23+,26?. The van der Waals surface area contributed by atoms with Gasteiger partial charge in [0.1, 0.15) is 11.5 Å². The smallest absolute Gasteiger partial charge is 0.126 e. The first-order valence-electron chi connectivity index (χ1n) is 10.6. The number of nitrogens with one attached hydrogen (secondary N) is 1. The third-order valence-corrected chi connectivity index (χ3v) is 6.50. The first kappa shape index (κ1) is 19.2. The molecule has 4 nitrogen and oxygen atoms in total. The minimum absolute atomic E-state index is 0.510. The highest BCUT2D eigenvalue weighted by atomic mass is 16.5. The lowest BCUT2D eigenvalue weighted by Crippen LogP contribution is -2.71. The molecule has 3 saturated heterocycles. The van der Waals surface area contributed by atoms with Crippen molar-refractivity contribution in [2.24, 2.45) is 0 Å². The van der Waals surface area contributed by atoms with Crippen LogP contribution in [0.3, 0.4) is 0 Å². The first-order chi connectivity index (χ1) is 14.8. The molecule has 0 radical (unpaired) electrons. The highest BCUT2D eigenvalue weighted by molar-refractivity contribution is 5.70.